The SMILES string of the molecule is CN(C)CCN(Cc1cccnc1)C(=O)Nc1ccccc1OC1CCCC1. The number of likely N-dealkylation sites (N-methyl/N-ethyl adjacent to an activating group) is 1. The van der Waals surface area contributed by atoms with E-state index >= 15 is 0 Å². The van der Waals surface area contributed by atoms with Gasteiger partial charge in [-0.2, -0.15) is 0 Å². The molecule has 1 aliphatic rings. The first-order valence-electron chi connectivity index (χ1n) is 9.97. The maximum Gasteiger partial charge on any atom is 0.322 e. The van der Waals surface area contributed by atoms with Crippen LogP contribution in [0.3, 0.4) is 0 Å². The fourth-order valence-corrected chi connectivity index (χ4v) is 3.34. The summed E-state index contributed by atoms with van der Waals surface area (Å²) in [6.45, 7) is 1.92. The number of carbonyl (C=O) groups is 1. The minimum atomic E-state index is -0.131. The van der Waals surface area contributed by atoms with Gasteiger partial charge in [0.2, 0.25) is 0 Å². The van der Waals surface area contributed by atoms with Crippen LogP contribution in [0.2, 0.25) is 0 Å². The second-order valence-corrected chi connectivity index (χ2v) is 7.54. The molecular formula is C22H30N4O2. The number of amides is 2. The summed E-state index contributed by atoms with van der Waals surface area (Å²) in [7, 11) is 4.01. The smallest absolute Gasteiger partial charge is 0.322 e. The molecule has 1 aromatic carbocycles. The van der Waals surface area contributed by atoms with Gasteiger partial charge in [0.1, 0.15) is 5.75 Å². The van der Waals surface area contributed by atoms with Gasteiger partial charge in [-0.15, -0.1) is 0 Å². The Balaban J connectivity index is 1.70. The Morgan fingerprint density at radius 2 is 1.93 bits per heavy atom. The lowest BCUT2D eigenvalue weighted by Crippen LogP contribution is -2.39. The van der Waals surface area contributed by atoms with E-state index in [0.717, 1.165) is 36.4 Å². The van der Waals surface area contributed by atoms with Crippen LogP contribution in [0.4, 0.5) is 10.5 Å². The average molecular weight is 383 g/mol. The third-order valence-corrected chi connectivity index (χ3v) is 4.93. The van der Waals surface area contributed by atoms with Crippen LogP contribution in [0, 0.1) is 0 Å². The molecule has 150 valence electrons. The van der Waals surface area contributed by atoms with Gasteiger partial charge in [0, 0.05) is 32.0 Å². The van der Waals surface area contributed by atoms with Gasteiger partial charge in [-0.3, -0.25) is 4.98 Å². The van der Waals surface area contributed by atoms with E-state index < -0.39 is 0 Å². The molecule has 0 radical (unpaired) electrons. The van der Waals surface area contributed by atoms with Gasteiger partial charge in [-0.25, -0.2) is 4.79 Å². The number of rotatable bonds is 8. The van der Waals surface area contributed by atoms with Crippen molar-refractivity contribution in [2.45, 2.75) is 38.3 Å². The van der Waals surface area contributed by atoms with E-state index in [0.29, 0.717) is 13.1 Å². The lowest BCUT2D eigenvalue weighted by Gasteiger charge is -2.25. The van der Waals surface area contributed by atoms with Gasteiger partial charge in [0.25, 0.3) is 0 Å². The Hall–Kier alpha value is -2.60. The number of benzene rings is 1. The zero-order valence-corrected chi connectivity index (χ0v) is 16.8. The highest BCUT2D eigenvalue weighted by Gasteiger charge is 2.20. The third-order valence-electron chi connectivity index (χ3n) is 4.93. The van der Waals surface area contributed by atoms with E-state index in [1.165, 1.54) is 12.8 Å². The normalized spacial score (nSPS) is 14.2. The summed E-state index contributed by atoms with van der Waals surface area (Å²) in [5.41, 5.74) is 1.73. The van der Waals surface area contributed by atoms with Crippen molar-refractivity contribution in [2.24, 2.45) is 0 Å². The molecule has 1 aromatic heterocycles. The van der Waals surface area contributed by atoms with Crippen molar-refractivity contribution in [3.8, 4) is 5.75 Å². The molecule has 0 spiro atoms. The number of anilines is 1. The number of nitrogens with one attached hydrogen (secondary N) is 1. The minimum absolute atomic E-state index is 0.131. The Morgan fingerprint density at radius 1 is 1.14 bits per heavy atom. The first kappa shape index (κ1) is 20.1. The number of hydrogen-bond donors (Lipinski definition) is 1. The standard InChI is InChI=1S/C22H30N4O2/c1-25(2)14-15-26(17-18-8-7-13-23-16-18)22(27)24-20-11-5-6-12-21(20)28-19-9-3-4-10-19/h5-8,11-13,16,19H,3-4,9-10,14-15,17H2,1-2H3,(H,24,27). The highest BCUT2D eigenvalue weighted by molar-refractivity contribution is 5.91. The van der Waals surface area contributed by atoms with Crippen molar-refractivity contribution in [3.05, 3.63) is 54.4 Å². The van der Waals surface area contributed by atoms with Crippen LogP contribution in [0.25, 0.3) is 0 Å². The molecule has 2 aromatic rings. The largest absolute Gasteiger partial charge is 0.488 e. The predicted octanol–water partition coefficient (Wildman–Crippen LogP) is 4.00. The molecule has 28 heavy (non-hydrogen) atoms. The zero-order chi connectivity index (χ0) is 19.8. The van der Waals surface area contributed by atoms with E-state index in [-0.39, 0.29) is 12.1 Å². The van der Waals surface area contributed by atoms with Crippen LogP contribution >= 0.6 is 0 Å². The Bertz CT molecular complexity index is 745. The van der Waals surface area contributed by atoms with Crippen LogP contribution in [0.15, 0.2) is 48.8 Å². The molecule has 1 saturated carbocycles. The van der Waals surface area contributed by atoms with Gasteiger partial charge in [0.15, 0.2) is 0 Å². The second kappa shape index (κ2) is 10.1. The molecule has 0 atom stereocenters. The van der Waals surface area contributed by atoms with Crippen LogP contribution in [-0.4, -0.2) is 54.1 Å². The van der Waals surface area contributed by atoms with Crippen molar-refractivity contribution >= 4 is 11.7 Å². The van der Waals surface area contributed by atoms with Gasteiger partial charge in [0.05, 0.1) is 11.8 Å². The summed E-state index contributed by atoms with van der Waals surface area (Å²) in [6.07, 6.45) is 8.37. The number of ether oxygens (including phenoxy) is 1. The van der Waals surface area contributed by atoms with Crippen LogP contribution in [-0.2, 0) is 6.54 Å². The molecule has 1 aliphatic carbocycles. The Morgan fingerprint density at radius 3 is 2.64 bits per heavy atom. The molecule has 3 rings (SSSR count). The second-order valence-electron chi connectivity index (χ2n) is 7.54. The maximum atomic E-state index is 13.0. The molecular weight excluding hydrogens is 352 g/mol. The van der Waals surface area contributed by atoms with Crippen molar-refractivity contribution in [2.75, 3.05) is 32.5 Å². The quantitative estimate of drug-likeness (QED) is 0.750. The molecule has 0 saturated heterocycles. The summed E-state index contributed by atoms with van der Waals surface area (Å²) in [5.74, 6) is 0.747. The van der Waals surface area contributed by atoms with Crippen molar-refractivity contribution < 1.29 is 9.53 Å². The summed E-state index contributed by atoms with van der Waals surface area (Å²) < 4.78 is 6.15. The fraction of sp³-hybridized carbons (Fsp3) is 0.455. The van der Waals surface area contributed by atoms with Gasteiger partial charge >= 0.3 is 6.03 Å². The number of hydrogen-bond acceptors (Lipinski definition) is 4. The lowest BCUT2D eigenvalue weighted by molar-refractivity contribution is 0.200. The highest BCUT2D eigenvalue weighted by Crippen LogP contribution is 2.30. The van der Waals surface area contributed by atoms with E-state index in [9.17, 15) is 4.79 Å². The van der Waals surface area contributed by atoms with Crippen LogP contribution in [0.5, 0.6) is 5.75 Å². The number of pyridine rings is 1. The highest BCUT2D eigenvalue weighted by atomic mass is 16.5. The summed E-state index contributed by atoms with van der Waals surface area (Å²) in [4.78, 5) is 21.1. The molecule has 0 bridgehead atoms. The molecule has 0 aliphatic heterocycles. The van der Waals surface area contributed by atoms with Crippen LogP contribution < -0.4 is 10.1 Å². The molecule has 2 amide bonds. The average Bonchev–Trinajstić information content (AvgIpc) is 3.20. The van der Waals surface area contributed by atoms with Crippen LogP contribution in [0.1, 0.15) is 31.2 Å². The fourth-order valence-electron chi connectivity index (χ4n) is 3.34. The van der Waals surface area contributed by atoms with E-state index in [2.05, 4.69) is 15.2 Å². The van der Waals surface area contributed by atoms with E-state index in [1.54, 1.807) is 12.4 Å². The monoisotopic (exact) mass is 382 g/mol. The number of nitrogens with zero attached hydrogens (tertiary/aromatic N) is 3. The zero-order valence-electron chi connectivity index (χ0n) is 16.8. The number of urea groups is 1. The van der Waals surface area contributed by atoms with E-state index in [1.807, 2.05) is 55.4 Å². The topological polar surface area (TPSA) is 57.7 Å². The molecule has 1 heterocycles. The van der Waals surface area contributed by atoms with Crippen molar-refractivity contribution in [1.82, 2.24) is 14.8 Å². The third kappa shape index (κ3) is 5.96. The lowest BCUT2D eigenvalue weighted by atomic mass is 10.2. The summed E-state index contributed by atoms with van der Waals surface area (Å²) in [5, 5.41) is 3.05. The summed E-state index contributed by atoms with van der Waals surface area (Å²) in [6, 6.07) is 11.4. The first-order valence-corrected chi connectivity index (χ1v) is 9.97. The molecule has 1 fully saturated rings. The molecule has 6 nitrogen and oxygen atoms in total. The van der Waals surface area contributed by atoms with Crippen molar-refractivity contribution in [3.63, 3.8) is 0 Å². The molecule has 1 N–H and O–H groups in total. The van der Waals surface area contributed by atoms with Gasteiger partial charge < -0.3 is 19.9 Å². The van der Waals surface area contributed by atoms with Gasteiger partial charge in [-0.05, 0) is 63.5 Å². The summed E-state index contributed by atoms with van der Waals surface area (Å²) >= 11 is 0. The number of carbonyl (C=O) groups excluding carboxylic acids is 1. The number of para-hydroxylation sites is 2. The van der Waals surface area contributed by atoms with Crippen molar-refractivity contribution in [1.29, 1.82) is 0 Å². The first-order chi connectivity index (χ1) is 13.6. The minimum Gasteiger partial charge on any atom is -0.488 e. The Labute approximate surface area is 167 Å². The maximum absolute atomic E-state index is 13.0. The molecule has 6 heteroatoms. The number of aromatic nitrogens is 1. The van der Waals surface area contributed by atoms with Gasteiger partial charge in [-0.1, -0.05) is 18.2 Å². The Kier molecular flexibility index (Phi) is 7.25. The predicted molar refractivity (Wildman–Crippen MR) is 112 cm³/mol. The molecule has 0 unspecified atom stereocenters. The van der Waals surface area contributed by atoms with E-state index in [4.69, 9.17) is 4.74 Å².